The highest BCUT2D eigenvalue weighted by Crippen LogP contribution is 2.53. The highest BCUT2D eigenvalue weighted by Gasteiger charge is 2.50. The summed E-state index contributed by atoms with van der Waals surface area (Å²) in [4.78, 5) is 0. The number of hydrogen-bond donors (Lipinski definition) is 1. The minimum atomic E-state index is -1.76. The Hall–Kier alpha value is -0.123. The molecule has 0 unspecified atom stereocenters. The van der Waals surface area contributed by atoms with Crippen molar-refractivity contribution in [2.24, 2.45) is 35.5 Å². The molecule has 0 heterocycles. The second-order valence-electron chi connectivity index (χ2n) is 10.9. The SMILES string of the molecule is C/C=C(\C)[C@H]1[C@@H](CO[Si](C)(C)C(C)(C)C)[C@H]2[C@@H](C[C@@H]1C)[C@@H](O)CC[C@@H]2C. The van der Waals surface area contributed by atoms with E-state index in [1.54, 1.807) is 0 Å². The molecule has 2 fully saturated rings. The fraction of sp³-hybridized carbons (Fsp3) is 0.913. The highest BCUT2D eigenvalue weighted by atomic mass is 28.4. The average Bonchev–Trinajstić information content (AvgIpc) is 2.54. The summed E-state index contributed by atoms with van der Waals surface area (Å²) in [5.74, 6) is 3.51. The summed E-state index contributed by atoms with van der Waals surface area (Å²) in [5, 5.41) is 11.0. The fourth-order valence-corrected chi connectivity index (χ4v) is 6.57. The molecule has 2 aliphatic carbocycles. The van der Waals surface area contributed by atoms with Crippen molar-refractivity contribution in [3.05, 3.63) is 11.6 Å². The van der Waals surface area contributed by atoms with E-state index in [9.17, 15) is 5.11 Å². The van der Waals surface area contributed by atoms with Crippen LogP contribution in [0.5, 0.6) is 0 Å². The van der Waals surface area contributed by atoms with Crippen LogP contribution in [-0.4, -0.2) is 26.1 Å². The molecule has 0 aromatic carbocycles. The maximum Gasteiger partial charge on any atom is 0.191 e. The van der Waals surface area contributed by atoms with Crippen LogP contribution in [-0.2, 0) is 4.43 Å². The van der Waals surface area contributed by atoms with Crippen molar-refractivity contribution in [3.8, 4) is 0 Å². The maximum atomic E-state index is 10.8. The van der Waals surface area contributed by atoms with Gasteiger partial charge in [-0.2, -0.15) is 0 Å². The normalized spacial score (nSPS) is 39.6. The smallest absolute Gasteiger partial charge is 0.191 e. The number of fused-ring (bicyclic) bond motifs is 1. The molecule has 2 nitrogen and oxygen atoms in total. The van der Waals surface area contributed by atoms with Crippen LogP contribution in [0.1, 0.15) is 67.7 Å². The molecule has 0 aromatic rings. The molecule has 1 N–H and O–H groups in total. The second kappa shape index (κ2) is 8.09. The van der Waals surface area contributed by atoms with Crippen LogP contribution >= 0.6 is 0 Å². The molecule has 0 aromatic heterocycles. The minimum Gasteiger partial charge on any atom is -0.417 e. The first kappa shape index (κ1) is 22.2. The molecule has 26 heavy (non-hydrogen) atoms. The average molecular weight is 381 g/mol. The van der Waals surface area contributed by atoms with Gasteiger partial charge in [0.2, 0.25) is 0 Å². The summed E-state index contributed by atoms with van der Waals surface area (Å²) in [6.45, 7) is 21.9. The molecule has 0 spiro atoms. The van der Waals surface area contributed by atoms with E-state index in [2.05, 4.69) is 67.6 Å². The van der Waals surface area contributed by atoms with Gasteiger partial charge in [0.05, 0.1) is 6.10 Å². The lowest BCUT2D eigenvalue weighted by Gasteiger charge is -2.54. The Morgan fingerprint density at radius 3 is 2.31 bits per heavy atom. The predicted molar refractivity (Wildman–Crippen MR) is 115 cm³/mol. The molecule has 152 valence electrons. The molecule has 0 amide bonds. The van der Waals surface area contributed by atoms with Crippen molar-refractivity contribution in [2.75, 3.05) is 6.61 Å². The number of aliphatic hydroxyl groups is 1. The van der Waals surface area contributed by atoms with Crippen LogP contribution in [0.2, 0.25) is 18.1 Å². The summed E-state index contributed by atoms with van der Waals surface area (Å²) in [5.41, 5.74) is 1.52. The lowest BCUT2D eigenvalue weighted by molar-refractivity contribution is -0.0849. The Kier molecular flexibility index (Phi) is 6.90. The van der Waals surface area contributed by atoms with E-state index in [1.807, 2.05) is 0 Å². The quantitative estimate of drug-likeness (QED) is 0.460. The molecule has 2 rings (SSSR count). The highest BCUT2D eigenvalue weighted by molar-refractivity contribution is 6.74. The zero-order chi connectivity index (χ0) is 19.9. The molecule has 0 radical (unpaired) electrons. The molecule has 3 heteroatoms. The molecule has 0 saturated heterocycles. The zero-order valence-electron chi connectivity index (χ0n) is 18.8. The van der Waals surface area contributed by atoms with E-state index in [4.69, 9.17) is 4.43 Å². The number of allylic oxidation sites excluding steroid dienone is 2. The van der Waals surface area contributed by atoms with E-state index in [-0.39, 0.29) is 11.1 Å². The van der Waals surface area contributed by atoms with Gasteiger partial charge in [-0.25, -0.2) is 0 Å². The van der Waals surface area contributed by atoms with Gasteiger partial charge in [0.15, 0.2) is 8.32 Å². The lowest BCUT2D eigenvalue weighted by atomic mass is 9.53. The second-order valence-corrected chi connectivity index (χ2v) is 15.7. The largest absolute Gasteiger partial charge is 0.417 e. The van der Waals surface area contributed by atoms with Gasteiger partial charge in [-0.3, -0.25) is 0 Å². The summed E-state index contributed by atoms with van der Waals surface area (Å²) < 4.78 is 6.77. The van der Waals surface area contributed by atoms with Gasteiger partial charge < -0.3 is 9.53 Å². The molecular weight excluding hydrogens is 336 g/mol. The van der Waals surface area contributed by atoms with Gasteiger partial charge in [0.1, 0.15) is 0 Å². The lowest BCUT2D eigenvalue weighted by Crippen LogP contribution is -2.52. The molecule has 2 saturated carbocycles. The Balaban J connectivity index is 2.33. The summed E-state index contributed by atoms with van der Waals surface area (Å²) >= 11 is 0. The number of hydrogen-bond acceptors (Lipinski definition) is 2. The molecule has 2 aliphatic rings. The van der Waals surface area contributed by atoms with Crippen molar-refractivity contribution in [3.63, 3.8) is 0 Å². The summed E-state index contributed by atoms with van der Waals surface area (Å²) in [6.07, 6.45) is 5.52. The van der Waals surface area contributed by atoms with Gasteiger partial charge in [0.25, 0.3) is 0 Å². The van der Waals surface area contributed by atoms with Crippen LogP contribution in [0.25, 0.3) is 0 Å². The molecule has 7 atom stereocenters. The van der Waals surface area contributed by atoms with Crippen LogP contribution in [0.4, 0.5) is 0 Å². The van der Waals surface area contributed by atoms with Gasteiger partial charge in [-0.1, -0.05) is 46.3 Å². The Morgan fingerprint density at radius 2 is 1.77 bits per heavy atom. The van der Waals surface area contributed by atoms with E-state index in [1.165, 1.54) is 12.0 Å². The van der Waals surface area contributed by atoms with Gasteiger partial charge in [-0.05, 0) is 86.7 Å². The molecule has 0 aliphatic heterocycles. The van der Waals surface area contributed by atoms with Crippen molar-refractivity contribution in [1.82, 2.24) is 0 Å². The van der Waals surface area contributed by atoms with Gasteiger partial charge >= 0.3 is 0 Å². The first-order chi connectivity index (χ1) is 11.9. The maximum absolute atomic E-state index is 10.8. The Labute approximate surface area is 163 Å². The molecule has 0 bridgehead atoms. The molecular formula is C23H44O2Si. The van der Waals surface area contributed by atoms with Crippen molar-refractivity contribution >= 4 is 8.32 Å². The van der Waals surface area contributed by atoms with Crippen LogP contribution in [0, 0.1) is 35.5 Å². The van der Waals surface area contributed by atoms with Crippen LogP contribution in [0.15, 0.2) is 11.6 Å². The standard InChI is InChI=1S/C23H44O2Si/c1-10-15(2)21-17(4)13-18-20(24)12-11-16(3)22(18)19(21)14-25-26(8,9)23(5,6)7/h10,16-22,24H,11-14H2,1-9H3/b15-10+/t16-,17-,18-,19+,20-,21+,22+/m0/s1. The van der Waals surface area contributed by atoms with Crippen LogP contribution < -0.4 is 0 Å². The Bertz CT molecular complexity index is 505. The van der Waals surface area contributed by atoms with Crippen molar-refractivity contribution in [1.29, 1.82) is 0 Å². The topological polar surface area (TPSA) is 29.5 Å². The van der Waals surface area contributed by atoms with E-state index in [0.717, 1.165) is 19.4 Å². The van der Waals surface area contributed by atoms with E-state index < -0.39 is 8.32 Å². The fourth-order valence-electron chi connectivity index (χ4n) is 5.52. The Morgan fingerprint density at radius 1 is 1.15 bits per heavy atom. The third kappa shape index (κ3) is 4.30. The third-order valence-corrected chi connectivity index (χ3v) is 12.7. The van der Waals surface area contributed by atoms with E-state index >= 15 is 0 Å². The monoisotopic (exact) mass is 380 g/mol. The third-order valence-electron chi connectivity index (χ3n) is 8.20. The van der Waals surface area contributed by atoms with Crippen LogP contribution in [0.3, 0.4) is 0 Å². The first-order valence-electron chi connectivity index (χ1n) is 10.9. The summed E-state index contributed by atoms with van der Waals surface area (Å²) in [6, 6.07) is 0. The van der Waals surface area contributed by atoms with E-state index in [0.29, 0.717) is 35.5 Å². The minimum absolute atomic E-state index is 0.110. The summed E-state index contributed by atoms with van der Waals surface area (Å²) in [7, 11) is -1.76. The van der Waals surface area contributed by atoms with Gasteiger partial charge in [-0.15, -0.1) is 0 Å². The predicted octanol–water partition coefficient (Wildman–Crippen LogP) is 6.27. The zero-order valence-corrected chi connectivity index (χ0v) is 19.8. The van der Waals surface area contributed by atoms with Gasteiger partial charge in [0, 0.05) is 6.61 Å². The number of aliphatic hydroxyl groups excluding tert-OH is 1. The van der Waals surface area contributed by atoms with Crippen molar-refractivity contribution in [2.45, 2.75) is 92.0 Å². The first-order valence-corrected chi connectivity index (χ1v) is 13.8. The number of rotatable bonds is 4. The van der Waals surface area contributed by atoms with Crippen molar-refractivity contribution < 1.29 is 9.53 Å².